The smallest absolute Gasteiger partial charge is 0.326 e. The molecule has 1 N–H and O–H groups in total. The number of carbonyl (C=O) groups excluding carboxylic acids is 1. The molecule has 2 saturated heterocycles. The Labute approximate surface area is 107 Å². The molecular weight excluding hydrogens is 234 g/mol. The van der Waals surface area contributed by atoms with Crippen LogP contribution in [0.5, 0.6) is 0 Å². The molecule has 2 aliphatic heterocycles. The molecule has 2 heterocycles. The first-order chi connectivity index (χ1) is 8.68. The minimum Gasteiger partial charge on any atom is -0.480 e. The molecule has 2 rings (SSSR count). The number of nitrogens with zero attached hydrogens (tertiary/aromatic N) is 1. The Hall–Kier alpha value is -1.10. The standard InChI is InChI=1S/C13H21NO4/c15-12(9-10-4-7-18-8-5-10)14-6-2-1-3-11(14)13(16)17/h10-11H,1-9H2,(H,16,17)/t11-/m1/s1. The lowest BCUT2D eigenvalue weighted by Crippen LogP contribution is -2.48. The van der Waals surface area contributed by atoms with Crippen molar-refractivity contribution < 1.29 is 19.4 Å². The third-order valence-corrected chi connectivity index (χ3v) is 3.91. The second kappa shape index (κ2) is 6.18. The van der Waals surface area contributed by atoms with E-state index in [1.165, 1.54) is 0 Å². The molecule has 1 amide bonds. The number of rotatable bonds is 3. The van der Waals surface area contributed by atoms with E-state index in [-0.39, 0.29) is 5.91 Å². The summed E-state index contributed by atoms with van der Waals surface area (Å²) in [6, 6.07) is -0.605. The van der Waals surface area contributed by atoms with Crippen LogP contribution in [0.2, 0.25) is 0 Å². The second-order valence-electron chi connectivity index (χ2n) is 5.20. The van der Waals surface area contributed by atoms with Gasteiger partial charge in [0, 0.05) is 26.2 Å². The molecule has 0 radical (unpaired) electrons. The number of amides is 1. The van der Waals surface area contributed by atoms with Gasteiger partial charge in [-0.2, -0.15) is 0 Å². The van der Waals surface area contributed by atoms with Crippen molar-refractivity contribution in [2.24, 2.45) is 5.92 Å². The highest BCUT2D eigenvalue weighted by Gasteiger charge is 2.32. The summed E-state index contributed by atoms with van der Waals surface area (Å²) in [6.07, 6.45) is 4.72. The Balaban J connectivity index is 1.91. The van der Waals surface area contributed by atoms with Crippen LogP contribution in [-0.4, -0.2) is 47.7 Å². The lowest BCUT2D eigenvalue weighted by atomic mass is 9.94. The third kappa shape index (κ3) is 3.22. The molecule has 5 nitrogen and oxygen atoms in total. The highest BCUT2D eigenvalue weighted by atomic mass is 16.5. The van der Waals surface area contributed by atoms with Gasteiger partial charge in [0.25, 0.3) is 0 Å². The minimum atomic E-state index is -0.866. The summed E-state index contributed by atoms with van der Waals surface area (Å²) in [6.45, 7) is 2.04. The summed E-state index contributed by atoms with van der Waals surface area (Å²) < 4.78 is 5.27. The van der Waals surface area contributed by atoms with Gasteiger partial charge < -0.3 is 14.7 Å². The van der Waals surface area contributed by atoms with Crippen LogP contribution in [-0.2, 0) is 14.3 Å². The Bertz CT molecular complexity index is 312. The van der Waals surface area contributed by atoms with Crippen LogP contribution in [0.3, 0.4) is 0 Å². The highest BCUT2D eigenvalue weighted by molar-refractivity contribution is 5.84. The Morgan fingerprint density at radius 2 is 1.89 bits per heavy atom. The maximum atomic E-state index is 12.2. The summed E-state index contributed by atoms with van der Waals surface area (Å²) >= 11 is 0. The fourth-order valence-electron chi connectivity index (χ4n) is 2.80. The number of carboxylic acids is 1. The van der Waals surface area contributed by atoms with Crippen molar-refractivity contribution in [3.05, 3.63) is 0 Å². The number of likely N-dealkylation sites (tertiary alicyclic amines) is 1. The van der Waals surface area contributed by atoms with E-state index < -0.39 is 12.0 Å². The molecule has 0 spiro atoms. The van der Waals surface area contributed by atoms with E-state index in [1.54, 1.807) is 4.90 Å². The average Bonchev–Trinajstić information content (AvgIpc) is 2.40. The molecule has 102 valence electrons. The largest absolute Gasteiger partial charge is 0.480 e. The van der Waals surface area contributed by atoms with Gasteiger partial charge in [0.2, 0.25) is 5.91 Å². The number of carbonyl (C=O) groups is 2. The SMILES string of the molecule is O=C(O)[C@H]1CCCCN1C(=O)CC1CCOCC1. The van der Waals surface area contributed by atoms with Gasteiger partial charge in [0.05, 0.1) is 0 Å². The molecule has 2 fully saturated rings. The van der Waals surface area contributed by atoms with E-state index in [4.69, 9.17) is 9.84 Å². The molecular formula is C13H21NO4. The van der Waals surface area contributed by atoms with Crippen molar-refractivity contribution in [1.82, 2.24) is 4.90 Å². The van der Waals surface area contributed by atoms with Crippen LogP contribution < -0.4 is 0 Å². The zero-order chi connectivity index (χ0) is 13.0. The van der Waals surface area contributed by atoms with E-state index in [2.05, 4.69) is 0 Å². The lowest BCUT2D eigenvalue weighted by Gasteiger charge is -2.34. The van der Waals surface area contributed by atoms with E-state index in [0.29, 0.717) is 25.3 Å². The van der Waals surface area contributed by atoms with Crippen LogP contribution >= 0.6 is 0 Å². The number of piperidine rings is 1. The number of hydrogen-bond donors (Lipinski definition) is 1. The van der Waals surface area contributed by atoms with Crippen molar-refractivity contribution in [2.75, 3.05) is 19.8 Å². The van der Waals surface area contributed by atoms with Crippen LogP contribution in [0.15, 0.2) is 0 Å². The third-order valence-electron chi connectivity index (χ3n) is 3.91. The van der Waals surface area contributed by atoms with E-state index in [1.807, 2.05) is 0 Å². The zero-order valence-electron chi connectivity index (χ0n) is 10.6. The van der Waals surface area contributed by atoms with Gasteiger partial charge in [-0.15, -0.1) is 0 Å². The average molecular weight is 255 g/mol. The number of carboxylic acid groups (broad SMARTS) is 1. The Morgan fingerprint density at radius 1 is 1.17 bits per heavy atom. The van der Waals surface area contributed by atoms with Crippen LogP contribution in [0.1, 0.15) is 38.5 Å². The molecule has 0 unspecified atom stereocenters. The normalized spacial score (nSPS) is 26.0. The summed E-state index contributed by atoms with van der Waals surface area (Å²) in [7, 11) is 0. The van der Waals surface area contributed by atoms with Gasteiger partial charge >= 0.3 is 5.97 Å². The molecule has 18 heavy (non-hydrogen) atoms. The van der Waals surface area contributed by atoms with E-state index >= 15 is 0 Å². The predicted octanol–water partition coefficient (Wildman–Crippen LogP) is 1.27. The maximum Gasteiger partial charge on any atom is 0.326 e. The van der Waals surface area contributed by atoms with Crippen molar-refractivity contribution in [2.45, 2.75) is 44.6 Å². The summed E-state index contributed by atoms with van der Waals surface area (Å²) in [5.74, 6) is -0.494. The van der Waals surface area contributed by atoms with Crippen LogP contribution in [0.25, 0.3) is 0 Å². The van der Waals surface area contributed by atoms with Gasteiger partial charge in [-0.1, -0.05) is 0 Å². The highest BCUT2D eigenvalue weighted by Crippen LogP contribution is 2.23. The quantitative estimate of drug-likeness (QED) is 0.824. The first-order valence-electron chi connectivity index (χ1n) is 6.78. The van der Waals surface area contributed by atoms with Gasteiger partial charge in [-0.05, 0) is 38.0 Å². The van der Waals surface area contributed by atoms with Gasteiger partial charge in [-0.25, -0.2) is 4.79 Å². The molecule has 0 aromatic carbocycles. The molecule has 2 aliphatic rings. The maximum absolute atomic E-state index is 12.2. The van der Waals surface area contributed by atoms with Crippen molar-refractivity contribution in [3.8, 4) is 0 Å². The van der Waals surface area contributed by atoms with Crippen molar-refractivity contribution in [1.29, 1.82) is 0 Å². The monoisotopic (exact) mass is 255 g/mol. The molecule has 0 saturated carbocycles. The fraction of sp³-hybridized carbons (Fsp3) is 0.846. The summed E-state index contributed by atoms with van der Waals surface area (Å²) in [5.41, 5.74) is 0. The second-order valence-corrected chi connectivity index (χ2v) is 5.20. The van der Waals surface area contributed by atoms with Crippen LogP contribution in [0, 0.1) is 5.92 Å². The van der Waals surface area contributed by atoms with Gasteiger partial charge in [0.1, 0.15) is 6.04 Å². The Morgan fingerprint density at radius 3 is 2.56 bits per heavy atom. The molecule has 0 aromatic rings. The lowest BCUT2D eigenvalue weighted by molar-refractivity contribution is -0.152. The van der Waals surface area contributed by atoms with Crippen LogP contribution in [0.4, 0.5) is 0 Å². The molecule has 0 aromatic heterocycles. The molecule has 5 heteroatoms. The van der Waals surface area contributed by atoms with E-state index in [0.717, 1.165) is 38.9 Å². The summed E-state index contributed by atoms with van der Waals surface area (Å²) in [5, 5.41) is 9.15. The number of hydrogen-bond acceptors (Lipinski definition) is 3. The van der Waals surface area contributed by atoms with Gasteiger partial charge in [0.15, 0.2) is 0 Å². The number of aliphatic carboxylic acids is 1. The molecule has 0 bridgehead atoms. The zero-order valence-corrected chi connectivity index (χ0v) is 10.6. The first-order valence-corrected chi connectivity index (χ1v) is 6.78. The fourth-order valence-corrected chi connectivity index (χ4v) is 2.80. The first kappa shape index (κ1) is 13.3. The Kier molecular flexibility index (Phi) is 4.58. The van der Waals surface area contributed by atoms with Crippen molar-refractivity contribution >= 4 is 11.9 Å². The number of ether oxygens (including phenoxy) is 1. The van der Waals surface area contributed by atoms with Crippen molar-refractivity contribution in [3.63, 3.8) is 0 Å². The molecule has 0 aliphatic carbocycles. The van der Waals surface area contributed by atoms with E-state index in [9.17, 15) is 9.59 Å². The summed E-state index contributed by atoms with van der Waals surface area (Å²) in [4.78, 5) is 24.9. The predicted molar refractivity (Wildman–Crippen MR) is 65.1 cm³/mol. The minimum absolute atomic E-state index is 0.00833. The van der Waals surface area contributed by atoms with Gasteiger partial charge in [-0.3, -0.25) is 4.79 Å². The topological polar surface area (TPSA) is 66.8 Å². The molecule has 1 atom stereocenters.